The standard InChI is InChI=1S/C15H9Br2NO2/c16-12-5-1-10(2-6-12)14(9-18)20-15(19)11-3-7-13(17)8-4-11/h1-8,14H. The summed E-state index contributed by atoms with van der Waals surface area (Å²) in [7, 11) is 0. The molecule has 0 saturated carbocycles. The average molecular weight is 395 g/mol. The van der Waals surface area contributed by atoms with Gasteiger partial charge in [-0.3, -0.25) is 0 Å². The fourth-order valence-corrected chi connectivity index (χ4v) is 2.10. The van der Waals surface area contributed by atoms with Crippen molar-refractivity contribution in [1.82, 2.24) is 0 Å². The Hall–Kier alpha value is -1.64. The van der Waals surface area contributed by atoms with Gasteiger partial charge in [-0.05, 0) is 36.4 Å². The first kappa shape index (κ1) is 14.8. The number of hydrogen-bond acceptors (Lipinski definition) is 3. The van der Waals surface area contributed by atoms with Crippen molar-refractivity contribution in [3.8, 4) is 6.07 Å². The molecule has 0 aliphatic rings. The largest absolute Gasteiger partial charge is 0.438 e. The van der Waals surface area contributed by atoms with Crippen LogP contribution in [0.2, 0.25) is 0 Å². The molecule has 1 unspecified atom stereocenters. The lowest BCUT2D eigenvalue weighted by molar-refractivity contribution is 0.0404. The van der Waals surface area contributed by atoms with E-state index in [1.54, 1.807) is 48.5 Å². The van der Waals surface area contributed by atoms with Crippen LogP contribution in [0.4, 0.5) is 0 Å². The van der Waals surface area contributed by atoms with E-state index in [0.29, 0.717) is 11.1 Å². The number of carbonyl (C=O) groups excluding carboxylic acids is 1. The third-order valence-corrected chi connectivity index (χ3v) is 3.65. The van der Waals surface area contributed by atoms with Gasteiger partial charge >= 0.3 is 5.97 Å². The Morgan fingerprint density at radius 3 is 2.00 bits per heavy atom. The Labute approximate surface area is 133 Å². The van der Waals surface area contributed by atoms with Crippen molar-refractivity contribution < 1.29 is 9.53 Å². The van der Waals surface area contributed by atoms with Gasteiger partial charge < -0.3 is 4.74 Å². The number of halogens is 2. The van der Waals surface area contributed by atoms with Crippen LogP contribution >= 0.6 is 31.9 Å². The molecular formula is C15H9Br2NO2. The van der Waals surface area contributed by atoms with Crippen molar-refractivity contribution in [3.63, 3.8) is 0 Å². The van der Waals surface area contributed by atoms with Crippen molar-refractivity contribution in [2.75, 3.05) is 0 Å². The van der Waals surface area contributed by atoms with Crippen LogP contribution in [0, 0.1) is 11.3 Å². The van der Waals surface area contributed by atoms with Crippen molar-refractivity contribution in [2.45, 2.75) is 6.10 Å². The van der Waals surface area contributed by atoms with Crippen LogP contribution in [-0.4, -0.2) is 5.97 Å². The Morgan fingerprint density at radius 1 is 1.00 bits per heavy atom. The minimum absolute atomic E-state index is 0.408. The van der Waals surface area contributed by atoms with E-state index >= 15 is 0 Å². The van der Waals surface area contributed by atoms with E-state index in [1.165, 1.54) is 0 Å². The van der Waals surface area contributed by atoms with Gasteiger partial charge in [0, 0.05) is 14.5 Å². The van der Waals surface area contributed by atoms with Crippen molar-refractivity contribution in [1.29, 1.82) is 5.26 Å². The van der Waals surface area contributed by atoms with Crippen molar-refractivity contribution in [2.24, 2.45) is 0 Å². The van der Waals surface area contributed by atoms with Crippen molar-refractivity contribution in [3.05, 3.63) is 68.6 Å². The zero-order chi connectivity index (χ0) is 14.5. The minimum atomic E-state index is -0.917. The molecule has 1 atom stereocenters. The molecule has 2 aromatic rings. The van der Waals surface area contributed by atoms with Crippen LogP contribution in [0.15, 0.2) is 57.5 Å². The highest BCUT2D eigenvalue weighted by Crippen LogP contribution is 2.21. The summed E-state index contributed by atoms with van der Waals surface area (Å²) in [6.07, 6.45) is -0.917. The number of nitrogens with zero attached hydrogens (tertiary/aromatic N) is 1. The molecule has 0 N–H and O–H groups in total. The van der Waals surface area contributed by atoms with E-state index in [2.05, 4.69) is 31.9 Å². The van der Waals surface area contributed by atoms with Gasteiger partial charge in [0.2, 0.25) is 6.10 Å². The summed E-state index contributed by atoms with van der Waals surface area (Å²) in [5.74, 6) is -0.521. The van der Waals surface area contributed by atoms with Gasteiger partial charge in [-0.15, -0.1) is 0 Å². The maximum absolute atomic E-state index is 12.0. The molecule has 0 fully saturated rings. The summed E-state index contributed by atoms with van der Waals surface area (Å²) in [5.41, 5.74) is 1.05. The zero-order valence-corrected chi connectivity index (χ0v) is 13.4. The molecule has 20 heavy (non-hydrogen) atoms. The lowest BCUT2D eigenvalue weighted by Crippen LogP contribution is -2.10. The Kier molecular flexibility index (Phi) is 4.94. The Morgan fingerprint density at radius 2 is 1.50 bits per heavy atom. The Bertz CT molecular complexity index is 645. The van der Waals surface area contributed by atoms with Crippen molar-refractivity contribution >= 4 is 37.8 Å². The number of benzene rings is 2. The molecule has 100 valence electrons. The average Bonchev–Trinajstić information content (AvgIpc) is 2.46. The molecule has 0 aromatic heterocycles. The second-order valence-electron chi connectivity index (χ2n) is 3.97. The SMILES string of the molecule is N#CC(OC(=O)c1ccc(Br)cc1)c1ccc(Br)cc1. The van der Waals surface area contributed by atoms with E-state index in [-0.39, 0.29) is 0 Å². The summed E-state index contributed by atoms with van der Waals surface area (Å²) in [4.78, 5) is 12.0. The number of rotatable bonds is 3. The molecule has 3 nitrogen and oxygen atoms in total. The third-order valence-electron chi connectivity index (χ3n) is 2.59. The van der Waals surface area contributed by atoms with E-state index < -0.39 is 12.1 Å². The van der Waals surface area contributed by atoms with Crippen LogP contribution in [0.25, 0.3) is 0 Å². The first-order chi connectivity index (χ1) is 9.60. The lowest BCUT2D eigenvalue weighted by atomic mass is 10.1. The number of carbonyl (C=O) groups is 1. The second kappa shape index (κ2) is 6.69. The van der Waals surface area contributed by atoms with Gasteiger partial charge in [0.1, 0.15) is 6.07 Å². The van der Waals surface area contributed by atoms with E-state index in [9.17, 15) is 4.79 Å². The molecule has 0 aliphatic heterocycles. The monoisotopic (exact) mass is 393 g/mol. The molecule has 5 heteroatoms. The summed E-state index contributed by atoms with van der Waals surface area (Å²) < 4.78 is 6.99. The topological polar surface area (TPSA) is 50.1 Å². The molecule has 2 aromatic carbocycles. The summed E-state index contributed by atoms with van der Waals surface area (Å²) >= 11 is 6.61. The van der Waals surface area contributed by atoms with E-state index in [0.717, 1.165) is 8.95 Å². The van der Waals surface area contributed by atoms with Crippen LogP contribution in [0.5, 0.6) is 0 Å². The molecule has 0 aliphatic carbocycles. The molecular weight excluding hydrogens is 386 g/mol. The number of esters is 1. The number of ether oxygens (including phenoxy) is 1. The summed E-state index contributed by atoms with van der Waals surface area (Å²) in [6.45, 7) is 0. The minimum Gasteiger partial charge on any atom is -0.438 e. The quantitative estimate of drug-likeness (QED) is 0.713. The normalized spacial score (nSPS) is 11.4. The van der Waals surface area contributed by atoms with Crippen LogP contribution in [-0.2, 0) is 4.74 Å². The first-order valence-corrected chi connectivity index (χ1v) is 7.30. The highest BCUT2D eigenvalue weighted by Gasteiger charge is 2.17. The number of nitriles is 1. The first-order valence-electron chi connectivity index (χ1n) is 5.72. The van der Waals surface area contributed by atoms with Gasteiger partial charge in [-0.1, -0.05) is 44.0 Å². The van der Waals surface area contributed by atoms with Gasteiger partial charge in [0.15, 0.2) is 0 Å². The highest BCUT2D eigenvalue weighted by atomic mass is 79.9. The molecule has 2 rings (SSSR count). The highest BCUT2D eigenvalue weighted by molar-refractivity contribution is 9.10. The van der Waals surface area contributed by atoms with Gasteiger partial charge in [0.25, 0.3) is 0 Å². The van der Waals surface area contributed by atoms with Crippen LogP contribution < -0.4 is 0 Å². The summed E-state index contributed by atoms with van der Waals surface area (Å²) in [5, 5.41) is 9.14. The number of hydrogen-bond donors (Lipinski definition) is 0. The predicted molar refractivity (Wildman–Crippen MR) is 82.1 cm³/mol. The molecule has 0 spiro atoms. The molecule has 0 radical (unpaired) electrons. The third kappa shape index (κ3) is 3.69. The van der Waals surface area contributed by atoms with Gasteiger partial charge in [-0.25, -0.2) is 4.79 Å². The fourth-order valence-electron chi connectivity index (χ4n) is 1.57. The van der Waals surface area contributed by atoms with Crippen LogP contribution in [0.3, 0.4) is 0 Å². The molecule has 0 heterocycles. The Balaban J connectivity index is 2.14. The van der Waals surface area contributed by atoms with Gasteiger partial charge in [-0.2, -0.15) is 5.26 Å². The smallest absolute Gasteiger partial charge is 0.339 e. The maximum atomic E-state index is 12.0. The van der Waals surface area contributed by atoms with E-state index in [4.69, 9.17) is 10.00 Å². The second-order valence-corrected chi connectivity index (χ2v) is 5.80. The molecule has 0 saturated heterocycles. The van der Waals surface area contributed by atoms with E-state index in [1.807, 2.05) is 6.07 Å². The summed E-state index contributed by atoms with van der Waals surface area (Å²) in [6, 6.07) is 15.8. The predicted octanol–water partition coefficient (Wildman–Crippen LogP) is 4.63. The molecule has 0 bridgehead atoms. The van der Waals surface area contributed by atoms with Gasteiger partial charge in [0.05, 0.1) is 5.56 Å². The van der Waals surface area contributed by atoms with Crippen LogP contribution in [0.1, 0.15) is 22.0 Å². The fraction of sp³-hybridized carbons (Fsp3) is 0.0667. The zero-order valence-electron chi connectivity index (χ0n) is 10.2. The maximum Gasteiger partial charge on any atom is 0.339 e. The molecule has 0 amide bonds. The lowest BCUT2D eigenvalue weighted by Gasteiger charge is -2.11.